The molecule has 4 aromatic heterocycles. The van der Waals surface area contributed by atoms with E-state index in [0.29, 0.717) is 28.9 Å². The Hall–Kier alpha value is -4.99. The van der Waals surface area contributed by atoms with Gasteiger partial charge in [0.05, 0.1) is 0 Å². The van der Waals surface area contributed by atoms with Crippen LogP contribution in [0.4, 0.5) is 0 Å². The largest absolute Gasteiger partial charge is 2.00 e. The van der Waals surface area contributed by atoms with E-state index in [4.69, 9.17) is 9.47 Å². The van der Waals surface area contributed by atoms with Crippen LogP contribution in [0.2, 0.25) is 0 Å². The van der Waals surface area contributed by atoms with E-state index in [2.05, 4.69) is 70.2 Å². The number of hydrogen-bond acceptors (Lipinski definition) is 6. The second kappa shape index (κ2) is 15.1. The van der Waals surface area contributed by atoms with Crippen LogP contribution < -0.4 is 9.47 Å². The molecule has 0 saturated heterocycles. The number of ether oxygens (including phenoxy) is 2. The maximum Gasteiger partial charge on any atom is 2.00 e. The van der Waals surface area contributed by atoms with Crippen LogP contribution in [-0.4, -0.2) is 24.5 Å². The average molecular weight is 937 g/mol. The Morgan fingerprint density at radius 2 is 0.961 bits per heavy atom. The molecule has 0 atom stereocenters. The molecular formula is C42H29N5O2PdPt. The van der Waals surface area contributed by atoms with Crippen LogP contribution in [0, 0.1) is 52.0 Å². The third kappa shape index (κ3) is 7.01. The fraction of sp³-hybridized carbons (Fsp3) is 0.0952. The molecule has 51 heavy (non-hydrogen) atoms. The first-order valence-electron chi connectivity index (χ1n) is 15.9. The Kier molecular flexibility index (Phi) is 10.6. The summed E-state index contributed by atoms with van der Waals surface area (Å²) in [6.07, 6.45) is 6.99. The molecule has 8 aromatic rings. The SMILES string of the molecule is Cc1cc(C)c(-c2ccccn2)[c-]c1Oc1[c-]c2c(cc1)c1ccc(Oc3[c-]c(-c4ccccn4)c(C)cc3C)[c-]c1n2-c1ncccn1.[Pd+2].[Pt+2]. The maximum absolute atomic E-state index is 6.46. The smallest absolute Gasteiger partial charge is 0.503 e. The maximum atomic E-state index is 6.46. The van der Waals surface area contributed by atoms with Gasteiger partial charge in [0.2, 0.25) is 5.95 Å². The molecule has 4 heterocycles. The zero-order valence-corrected chi connectivity index (χ0v) is 31.8. The number of nitrogens with zero attached hydrogens (tertiary/aromatic N) is 5. The molecule has 8 rings (SSSR count). The van der Waals surface area contributed by atoms with Crippen LogP contribution in [0.3, 0.4) is 0 Å². The van der Waals surface area contributed by atoms with E-state index in [1.165, 1.54) is 0 Å². The molecule has 9 heteroatoms. The molecule has 0 bridgehead atoms. The standard InChI is InChI=1S/C42H29N5O2.Pd.Pt/c1-26-20-28(3)40(24-34(26)36-10-5-7-16-43-36)48-30-12-14-32-33-15-13-31(23-39(33)47(38(32)22-30)42-45-18-9-19-46-42)49-41-25-35(27(2)21-29(41)4)37-11-6-8-17-44-37;;/h5-21H,1-4H3;;/q-4;2*+2. The van der Waals surface area contributed by atoms with Crippen molar-refractivity contribution in [1.82, 2.24) is 24.5 Å². The van der Waals surface area contributed by atoms with Crippen LogP contribution >= 0.6 is 0 Å². The Morgan fingerprint density at radius 1 is 0.510 bits per heavy atom. The molecule has 0 amide bonds. The molecular weight excluding hydrogens is 908 g/mol. The van der Waals surface area contributed by atoms with Crippen molar-refractivity contribution in [3.05, 3.63) is 150 Å². The summed E-state index contributed by atoms with van der Waals surface area (Å²) in [5.74, 6) is 2.77. The summed E-state index contributed by atoms with van der Waals surface area (Å²) in [6, 6.07) is 39.4. The first-order valence-corrected chi connectivity index (χ1v) is 15.9. The van der Waals surface area contributed by atoms with Crippen molar-refractivity contribution in [3.63, 3.8) is 0 Å². The van der Waals surface area contributed by atoms with Crippen LogP contribution in [0.25, 0.3) is 50.3 Å². The van der Waals surface area contributed by atoms with E-state index in [1.54, 1.807) is 30.9 Å². The van der Waals surface area contributed by atoms with E-state index in [9.17, 15) is 0 Å². The molecule has 0 spiro atoms. The number of rotatable bonds is 7. The molecule has 7 nitrogen and oxygen atoms in total. The van der Waals surface area contributed by atoms with Gasteiger partial charge in [-0.2, -0.15) is 22.9 Å². The predicted molar refractivity (Wildman–Crippen MR) is 190 cm³/mol. The number of aryl methyl sites for hydroxylation is 4. The van der Waals surface area contributed by atoms with Crippen molar-refractivity contribution in [2.45, 2.75) is 27.7 Å². The molecule has 254 valence electrons. The van der Waals surface area contributed by atoms with E-state index < -0.39 is 0 Å². The Labute approximate surface area is 324 Å². The second-order valence-corrected chi connectivity index (χ2v) is 11.9. The summed E-state index contributed by atoms with van der Waals surface area (Å²) in [4.78, 5) is 18.2. The van der Waals surface area contributed by atoms with Gasteiger partial charge in [-0.3, -0.25) is 0 Å². The quantitative estimate of drug-likeness (QED) is 0.117. The summed E-state index contributed by atoms with van der Waals surface area (Å²) in [7, 11) is 0. The van der Waals surface area contributed by atoms with Gasteiger partial charge in [-0.05, 0) is 29.6 Å². The summed E-state index contributed by atoms with van der Waals surface area (Å²) in [6.45, 7) is 8.13. The normalized spacial score (nSPS) is 10.8. The minimum atomic E-state index is 0. The fourth-order valence-electron chi connectivity index (χ4n) is 6.08. The van der Waals surface area contributed by atoms with Gasteiger partial charge in [0.25, 0.3) is 0 Å². The Bertz CT molecular complexity index is 2340. The summed E-state index contributed by atoms with van der Waals surface area (Å²) in [5, 5.41) is 1.90. The Balaban J connectivity index is 0.00000224. The first kappa shape index (κ1) is 35.8. The minimum Gasteiger partial charge on any atom is -0.503 e. The molecule has 0 N–H and O–H groups in total. The molecule has 0 unspecified atom stereocenters. The summed E-state index contributed by atoms with van der Waals surface area (Å²) >= 11 is 0. The molecule has 0 aliphatic heterocycles. The monoisotopic (exact) mass is 936 g/mol. The Morgan fingerprint density at radius 3 is 1.39 bits per heavy atom. The summed E-state index contributed by atoms with van der Waals surface area (Å²) in [5.41, 5.74) is 9.03. The predicted octanol–water partition coefficient (Wildman–Crippen LogP) is 9.71. The van der Waals surface area contributed by atoms with E-state index in [-0.39, 0.29) is 41.5 Å². The number of benzene rings is 4. The van der Waals surface area contributed by atoms with Gasteiger partial charge in [0.1, 0.15) is 0 Å². The van der Waals surface area contributed by atoms with E-state index in [1.807, 2.05) is 79.1 Å². The molecule has 0 saturated carbocycles. The number of pyridine rings is 2. The van der Waals surface area contributed by atoms with Gasteiger partial charge >= 0.3 is 41.5 Å². The van der Waals surface area contributed by atoms with Crippen LogP contribution in [-0.2, 0) is 41.5 Å². The van der Waals surface area contributed by atoms with Gasteiger partial charge in [0.15, 0.2) is 0 Å². The fourth-order valence-corrected chi connectivity index (χ4v) is 6.08. The molecule has 4 aromatic carbocycles. The van der Waals surface area contributed by atoms with Crippen molar-refractivity contribution in [3.8, 4) is 51.5 Å². The van der Waals surface area contributed by atoms with Crippen molar-refractivity contribution in [1.29, 1.82) is 0 Å². The number of hydrogen-bond donors (Lipinski definition) is 0. The third-order valence-corrected chi connectivity index (χ3v) is 8.40. The first-order chi connectivity index (χ1) is 23.9. The molecule has 0 fully saturated rings. The van der Waals surface area contributed by atoms with Crippen LogP contribution in [0.15, 0.2) is 104 Å². The minimum absolute atomic E-state index is 0. The van der Waals surface area contributed by atoms with Crippen LogP contribution in [0.1, 0.15) is 22.3 Å². The van der Waals surface area contributed by atoms with Gasteiger partial charge in [-0.25, -0.2) is 9.97 Å². The van der Waals surface area contributed by atoms with Crippen molar-refractivity contribution < 1.29 is 51.0 Å². The van der Waals surface area contributed by atoms with Gasteiger partial charge in [-0.15, -0.1) is 58.7 Å². The number of aromatic nitrogens is 5. The van der Waals surface area contributed by atoms with E-state index >= 15 is 0 Å². The zero-order chi connectivity index (χ0) is 33.5. The molecule has 0 aliphatic carbocycles. The van der Waals surface area contributed by atoms with Gasteiger partial charge in [-0.1, -0.05) is 86.3 Å². The molecule has 0 radical (unpaired) electrons. The zero-order valence-electron chi connectivity index (χ0n) is 28.0. The summed E-state index contributed by atoms with van der Waals surface area (Å²) < 4.78 is 14.8. The number of fused-ring (bicyclic) bond motifs is 3. The van der Waals surface area contributed by atoms with E-state index in [0.717, 1.165) is 66.6 Å². The topological polar surface area (TPSA) is 75.0 Å². The molecule has 0 aliphatic rings. The van der Waals surface area contributed by atoms with Crippen LogP contribution in [0.5, 0.6) is 23.0 Å². The van der Waals surface area contributed by atoms with Crippen molar-refractivity contribution in [2.24, 2.45) is 0 Å². The third-order valence-electron chi connectivity index (χ3n) is 8.40. The second-order valence-electron chi connectivity index (χ2n) is 11.9. The average Bonchev–Trinajstić information content (AvgIpc) is 3.44. The van der Waals surface area contributed by atoms with Gasteiger partial charge in [0, 0.05) is 47.8 Å². The van der Waals surface area contributed by atoms with Gasteiger partial charge < -0.3 is 24.0 Å². The van der Waals surface area contributed by atoms with Crippen molar-refractivity contribution in [2.75, 3.05) is 0 Å². The van der Waals surface area contributed by atoms with Crippen molar-refractivity contribution >= 4 is 21.8 Å².